The number of rotatable bonds is 1. The minimum Gasteiger partial charge on any atom is -0.327 e. The lowest BCUT2D eigenvalue weighted by Gasteiger charge is -2.23. The molecule has 1 aromatic heterocycles. The van der Waals surface area contributed by atoms with Gasteiger partial charge < -0.3 is 4.57 Å². The third kappa shape index (κ3) is 2.04. The van der Waals surface area contributed by atoms with Crippen molar-refractivity contribution in [3.63, 3.8) is 0 Å². The minimum absolute atomic E-state index is 0.394. The zero-order chi connectivity index (χ0) is 11.8. The normalized spacial score (nSPS) is 17.8. The molecule has 1 unspecified atom stereocenters. The summed E-state index contributed by atoms with van der Waals surface area (Å²) in [6, 6.07) is 4.11. The van der Waals surface area contributed by atoms with E-state index in [0.29, 0.717) is 16.1 Å². The molecule has 1 heterocycles. The highest BCUT2D eigenvalue weighted by atomic mass is 35.5. The molecule has 0 amide bonds. The van der Waals surface area contributed by atoms with E-state index in [1.807, 2.05) is 18.5 Å². The first kappa shape index (κ1) is 11.4. The van der Waals surface area contributed by atoms with Crippen LogP contribution in [0.25, 0.3) is 11.0 Å². The summed E-state index contributed by atoms with van der Waals surface area (Å²) in [4.78, 5) is 4.38. The molecule has 0 aliphatic heterocycles. The van der Waals surface area contributed by atoms with E-state index in [1.165, 1.54) is 12.8 Å². The maximum Gasteiger partial charge on any atom is 0.0961 e. The first-order chi connectivity index (χ1) is 8.25. The minimum atomic E-state index is 0.394. The van der Waals surface area contributed by atoms with Gasteiger partial charge in [-0.1, -0.05) is 29.6 Å². The molecule has 3 rings (SSSR count). The number of fused-ring (bicyclic) bond motifs is 1. The zero-order valence-electron chi connectivity index (χ0n) is 9.24. The Morgan fingerprint density at radius 2 is 2.06 bits per heavy atom. The summed E-state index contributed by atoms with van der Waals surface area (Å²) in [5, 5.41) is 1.14. The van der Waals surface area contributed by atoms with Crippen LogP contribution < -0.4 is 0 Å². The SMILES string of the molecule is Clc1cc2ncn(C3[CH][CH]CCC3)c2cc1Cl. The molecule has 88 valence electrons. The van der Waals surface area contributed by atoms with Gasteiger partial charge in [0.25, 0.3) is 0 Å². The van der Waals surface area contributed by atoms with Gasteiger partial charge in [-0.15, -0.1) is 0 Å². The van der Waals surface area contributed by atoms with E-state index >= 15 is 0 Å². The lowest BCUT2D eigenvalue weighted by atomic mass is 9.95. The maximum atomic E-state index is 6.06. The Morgan fingerprint density at radius 1 is 1.24 bits per heavy atom. The molecular formula is C13H12Cl2N2. The van der Waals surface area contributed by atoms with Crippen molar-refractivity contribution in [1.82, 2.24) is 9.55 Å². The van der Waals surface area contributed by atoms with E-state index in [1.54, 1.807) is 0 Å². The van der Waals surface area contributed by atoms with Crippen molar-refractivity contribution in [1.29, 1.82) is 0 Å². The predicted octanol–water partition coefficient (Wildman–Crippen LogP) is 4.48. The second-order valence-corrected chi connectivity index (χ2v) is 5.15. The Morgan fingerprint density at radius 3 is 2.82 bits per heavy atom. The zero-order valence-corrected chi connectivity index (χ0v) is 10.7. The van der Waals surface area contributed by atoms with Gasteiger partial charge in [0, 0.05) is 6.04 Å². The molecule has 4 heteroatoms. The highest BCUT2D eigenvalue weighted by Crippen LogP contribution is 2.32. The van der Waals surface area contributed by atoms with Crippen molar-refractivity contribution in [2.75, 3.05) is 0 Å². The largest absolute Gasteiger partial charge is 0.327 e. The van der Waals surface area contributed by atoms with Crippen LogP contribution in [-0.2, 0) is 0 Å². The number of imidazole rings is 1. The van der Waals surface area contributed by atoms with Crippen LogP contribution in [-0.4, -0.2) is 9.55 Å². The van der Waals surface area contributed by atoms with Gasteiger partial charge in [0.2, 0.25) is 0 Å². The van der Waals surface area contributed by atoms with Crippen molar-refractivity contribution in [3.8, 4) is 0 Å². The lowest BCUT2D eigenvalue weighted by Crippen LogP contribution is -2.12. The van der Waals surface area contributed by atoms with Gasteiger partial charge in [-0.2, -0.15) is 0 Å². The number of hydrogen-bond acceptors (Lipinski definition) is 1. The monoisotopic (exact) mass is 266 g/mol. The molecule has 0 bridgehead atoms. The molecule has 0 spiro atoms. The average molecular weight is 267 g/mol. The Kier molecular flexibility index (Phi) is 3.01. The Labute approximate surface area is 111 Å². The van der Waals surface area contributed by atoms with Crippen LogP contribution in [0, 0.1) is 12.8 Å². The van der Waals surface area contributed by atoms with Crippen molar-refractivity contribution in [2.45, 2.75) is 25.3 Å². The van der Waals surface area contributed by atoms with Crippen molar-refractivity contribution in [2.24, 2.45) is 0 Å². The van der Waals surface area contributed by atoms with E-state index in [2.05, 4.69) is 22.4 Å². The van der Waals surface area contributed by atoms with Crippen molar-refractivity contribution < 1.29 is 0 Å². The van der Waals surface area contributed by atoms with Crippen LogP contribution in [0.5, 0.6) is 0 Å². The molecule has 0 N–H and O–H groups in total. The molecule has 17 heavy (non-hydrogen) atoms. The van der Waals surface area contributed by atoms with Crippen LogP contribution >= 0.6 is 23.2 Å². The van der Waals surface area contributed by atoms with Crippen molar-refractivity contribution >= 4 is 34.2 Å². The summed E-state index contributed by atoms with van der Waals surface area (Å²) in [6.07, 6.45) is 9.91. The second-order valence-electron chi connectivity index (χ2n) is 4.33. The van der Waals surface area contributed by atoms with Crippen LogP contribution in [0.15, 0.2) is 18.5 Å². The Bertz CT molecular complexity index is 542. The standard InChI is InChI=1S/C13H12Cl2N2/c14-10-6-12-13(7-11(10)15)17(8-16-12)9-4-2-1-3-5-9/h2,4,6-9H,1,3,5H2. The average Bonchev–Trinajstić information content (AvgIpc) is 2.74. The number of halogens is 2. The van der Waals surface area contributed by atoms with E-state index in [-0.39, 0.29) is 0 Å². The Balaban J connectivity index is 2.07. The molecule has 1 aromatic carbocycles. The summed E-state index contributed by atoms with van der Waals surface area (Å²) >= 11 is 12.1. The predicted molar refractivity (Wildman–Crippen MR) is 71.2 cm³/mol. The summed E-state index contributed by atoms with van der Waals surface area (Å²) in [5.41, 5.74) is 1.95. The molecule has 1 aliphatic rings. The molecule has 1 aliphatic carbocycles. The smallest absolute Gasteiger partial charge is 0.0961 e. The first-order valence-corrected chi connectivity index (χ1v) is 6.49. The van der Waals surface area contributed by atoms with E-state index in [4.69, 9.17) is 23.2 Å². The molecule has 1 fully saturated rings. The summed E-state index contributed by atoms with van der Waals surface area (Å²) < 4.78 is 2.17. The van der Waals surface area contributed by atoms with Crippen LogP contribution in [0.4, 0.5) is 0 Å². The van der Waals surface area contributed by atoms with Crippen LogP contribution in [0.3, 0.4) is 0 Å². The molecule has 2 aromatic rings. The van der Waals surface area contributed by atoms with Gasteiger partial charge in [-0.25, -0.2) is 4.98 Å². The van der Waals surface area contributed by atoms with E-state index in [9.17, 15) is 0 Å². The summed E-state index contributed by atoms with van der Waals surface area (Å²) in [5.74, 6) is 0. The van der Waals surface area contributed by atoms with Gasteiger partial charge in [0.15, 0.2) is 0 Å². The third-order valence-electron chi connectivity index (χ3n) is 3.20. The van der Waals surface area contributed by atoms with Gasteiger partial charge in [-0.05, 0) is 37.8 Å². The fourth-order valence-corrected chi connectivity index (χ4v) is 2.63. The topological polar surface area (TPSA) is 17.8 Å². The lowest BCUT2D eigenvalue weighted by molar-refractivity contribution is 0.483. The number of aromatic nitrogens is 2. The highest BCUT2D eigenvalue weighted by molar-refractivity contribution is 6.42. The second kappa shape index (κ2) is 4.51. The van der Waals surface area contributed by atoms with Crippen LogP contribution in [0.1, 0.15) is 25.3 Å². The first-order valence-electron chi connectivity index (χ1n) is 5.74. The van der Waals surface area contributed by atoms with Gasteiger partial charge in [0.1, 0.15) is 0 Å². The summed E-state index contributed by atoms with van der Waals surface area (Å²) in [6.45, 7) is 0. The molecule has 1 saturated carbocycles. The molecule has 0 saturated heterocycles. The maximum absolute atomic E-state index is 6.06. The third-order valence-corrected chi connectivity index (χ3v) is 3.93. The Hall–Kier alpha value is -0.730. The van der Waals surface area contributed by atoms with Gasteiger partial charge >= 0.3 is 0 Å². The number of benzene rings is 1. The molecule has 2 nitrogen and oxygen atoms in total. The molecular weight excluding hydrogens is 255 g/mol. The summed E-state index contributed by atoms with van der Waals surface area (Å²) in [7, 11) is 0. The van der Waals surface area contributed by atoms with Gasteiger partial charge in [-0.3, -0.25) is 0 Å². The highest BCUT2D eigenvalue weighted by Gasteiger charge is 2.18. The fourth-order valence-electron chi connectivity index (χ4n) is 2.31. The fraction of sp³-hybridized carbons (Fsp3) is 0.308. The quantitative estimate of drug-likeness (QED) is 0.745. The van der Waals surface area contributed by atoms with E-state index in [0.717, 1.165) is 17.5 Å². The van der Waals surface area contributed by atoms with Gasteiger partial charge in [0.05, 0.1) is 27.4 Å². The molecule has 1 atom stereocenters. The van der Waals surface area contributed by atoms with E-state index < -0.39 is 0 Å². The van der Waals surface area contributed by atoms with Crippen LogP contribution in [0.2, 0.25) is 10.0 Å². The molecule has 2 radical (unpaired) electrons. The number of nitrogens with zero attached hydrogens (tertiary/aromatic N) is 2. The number of hydrogen-bond donors (Lipinski definition) is 0. The van der Waals surface area contributed by atoms with Crippen molar-refractivity contribution in [3.05, 3.63) is 41.3 Å².